The monoisotopic (exact) mass is 516 g/mol. The van der Waals surface area contributed by atoms with E-state index in [0.29, 0.717) is 21.4 Å². The van der Waals surface area contributed by atoms with Gasteiger partial charge in [-0.3, -0.25) is 4.79 Å². The highest BCUT2D eigenvalue weighted by Gasteiger charge is 2.51. The summed E-state index contributed by atoms with van der Waals surface area (Å²) >= 11 is 1.21. The minimum atomic E-state index is -2.20. The van der Waals surface area contributed by atoms with Gasteiger partial charge in [0.25, 0.3) is 5.79 Å². The molecule has 0 aliphatic carbocycles. The van der Waals surface area contributed by atoms with Crippen LogP contribution in [0, 0.1) is 22.7 Å². The first-order valence-electron chi connectivity index (χ1n) is 11.8. The summed E-state index contributed by atoms with van der Waals surface area (Å²) in [6, 6.07) is 22.5. The molecule has 0 spiro atoms. The fraction of sp³-hybridized carbons (Fsp3) is 0.100. The molecule has 184 valence electrons. The molecule has 0 saturated heterocycles. The largest absolute Gasteiger partial charge is 0.451 e. The number of carbonyl (C=O) groups excluding carboxylic acids is 1. The lowest BCUT2D eigenvalue weighted by Crippen LogP contribution is -2.28. The van der Waals surface area contributed by atoms with Gasteiger partial charge in [0.05, 0.1) is 10.5 Å². The Balaban J connectivity index is 1.66. The third-order valence-corrected chi connectivity index (χ3v) is 7.86. The first kappa shape index (κ1) is 23.5. The van der Waals surface area contributed by atoms with E-state index in [2.05, 4.69) is 6.07 Å². The number of ether oxygens (including phenoxy) is 1. The number of Topliss-reactive ketones (excluding diaryl/α,β-unsaturated/α-hetero) is 1. The minimum absolute atomic E-state index is 0.0533. The molecule has 4 heterocycles. The Kier molecular flexibility index (Phi) is 5.32. The van der Waals surface area contributed by atoms with Crippen molar-refractivity contribution in [3.8, 4) is 12.1 Å². The molecule has 0 fully saturated rings. The summed E-state index contributed by atoms with van der Waals surface area (Å²) < 4.78 is 9.93. The Morgan fingerprint density at radius 1 is 0.947 bits per heavy atom. The van der Waals surface area contributed by atoms with Gasteiger partial charge in [-0.2, -0.15) is 10.5 Å². The van der Waals surface area contributed by atoms with Gasteiger partial charge in [-0.15, -0.1) is 11.3 Å². The molecule has 6 rings (SSSR count). The zero-order chi connectivity index (χ0) is 26.6. The van der Waals surface area contributed by atoms with Gasteiger partial charge < -0.3 is 19.0 Å². The summed E-state index contributed by atoms with van der Waals surface area (Å²) in [5.74, 6) is -2.67. The summed E-state index contributed by atoms with van der Waals surface area (Å²) in [4.78, 5) is 14.3. The number of aliphatic hydroxyl groups is 1. The number of hydrogen-bond acceptors (Lipinski definition) is 6. The summed E-state index contributed by atoms with van der Waals surface area (Å²) in [5, 5.41) is 36.0. The molecule has 8 heteroatoms. The van der Waals surface area contributed by atoms with Gasteiger partial charge >= 0.3 is 0 Å². The van der Waals surface area contributed by atoms with E-state index in [1.807, 2.05) is 73.4 Å². The molecule has 1 atom stereocenters. The Labute approximate surface area is 222 Å². The van der Waals surface area contributed by atoms with Crippen molar-refractivity contribution in [2.75, 3.05) is 0 Å². The van der Waals surface area contributed by atoms with Crippen LogP contribution in [-0.2, 0) is 24.6 Å². The van der Waals surface area contributed by atoms with E-state index < -0.39 is 11.6 Å². The lowest BCUT2D eigenvalue weighted by atomic mass is 9.89. The van der Waals surface area contributed by atoms with Crippen molar-refractivity contribution in [2.45, 2.75) is 5.79 Å². The van der Waals surface area contributed by atoms with Crippen LogP contribution in [0.3, 0.4) is 0 Å². The quantitative estimate of drug-likeness (QED) is 0.192. The maximum absolute atomic E-state index is 14.0. The molecule has 5 aromatic rings. The normalized spacial score (nSPS) is 18.4. The number of ketones is 1. The van der Waals surface area contributed by atoms with Crippen LogP contribution in [-0.4, -0.2) is 20.0 Å². The van der Waals surface area contributed by atoms with Crippen LogP contribution in [0.2, 0.25) is 0 Å². The summed E-state index contributed by atoms with van der Waals surface area (Å²) in [5.41, 5.74) is 2.07. The number of benzene rings is 2. The highest BCUT2D eigenvalue weighted by atomic mass is 32.1. The number of allylic oxidation sites excluding steroid dienone is 1. The molecule has 1 aliphatic heterocycles. The van der Waals surface area contributed by atoms with Crippen molar-refractivity contribution in [3.05, 3.63) is 111 Å². The van der Waals surface area contributed by atoms with Gasteiger partial charge in [0.15, 0.2) is 5.76 Å². The Morgan fingerprint density at radius 2 is 1.61 bits per heavy atom. The number of para-hydroxylation sites is 2. The van der Waals surface area contributed by atoms with Crippen LogP contribution >= 0.6 is 11.3 Å². The highest BCUT2D eigenvalue weighted by Crippen LogP contribution is 2.51. The predicted molar refractivity (Wildman–Crippen MR) is 145 cm³/mol. The van der Waals surface area contributed by atoms with Crippen LogP contribution in [0.4, 0.5) is 0 Å². The number of thiophene rings is 1. The zero-order valence-corrected chi connectivity index (χ0v) is 21.3. The number of fused-ring (bicyclic) bond motifs is 2. The van der Waals surface area contributed by atoms with Crippen molar-refractivity contribution < 1.29 is 14.6 Å². The fourth-order valence-electron chi connectivity index (χ4n) is 5.17. The van der Waals surface area contributed by atoms with E-state index in [4.69, 9.17) is 4.74 Å². The van der Waals surface area contributed by atoms with Crippen molar-refractivity contribution >= 4 is 44.7 Å². The summed E-state index contributed by atoms with van der Waals surface area (Å²) in [6.45, 7) is 0. The lowest BCUT2D eigenvalue weighted by Gasteiger charge is -2.24. The van der Waals surface area contributed by atoms with E-state index >= 15 is 0 Å². The molecule has 0 saturated carbocycles. The maximum Gasteiger partial charge on any atom is 0.274 e. The first-order chi connectivity index (χ1) is 18.4. The molecule has 0 radical (unpaired) electrons. The van der Waals surface area contributed by atoms with Gasteiger partial charge in [-0.1, -0.05) is 42.5 Å². The second-order valence-electron chi connectivity index (χ2n) is 9.07. The molecular formula is C30H20N4O3S. The molecule has 2 aromatic carbocycles. The number of nitriles is 2. The molecule has 1 unspecified atom stereocenters. The average Bonchev–Trinajstić information content (AvgIpc) is 3.71. The Hall–Kier alpha value is -4.89. The van der Waals surface area contributed by atoms with Gasteiger partial charge in [-0.25, -0.2) is 0 Å². The number of hydrogen-bond donors (Lipinski definition) is 1. The molecular weight excluding hydrogens is 496 g/mol. The lowest BCUT2D eigenvalue weighted by molar-refractivity contribution is -0.118. The molecule has 0 bridgehead atoms. The first-order valence-corrected chi connectivity index (χ1v) is 12.6. The number of aromatic nitrogens is 2. The predicted octanol–water partition coefficient (Wildman–Crippen LogP) is 5.54. The topological polar surface area (TPSA) is 104 Å². The smallest absolute Gasteiger partial charge is 0.274 e. The number of rotatable bonds is 4. The van der Waals surface area contributed by atoms with Crippen LogP contribution in [0.5, 0.6) is 0 Å². The zero-order valence-electron chi connectivity index (χ0n) is 20.5. The third-order valence-electron chi connectivity index (χ3n) is 6.90. The van der Waals surface area contributed by atoms with Crippen LogP contribution in [0.15, 0.2) is 95.2 Å². The molecule has 1 N–H and O–H groups in total. The van der Waals surface area contributed by atoms with Crippen LogP contribution in [0.25, 0.3) is 27.6 Å². The number of carbonyl (C=O) groups is 1. The molecule has 7 nitrogen and oxygen atoms in total. The maximum atomic E-state index is 14.0. The van der Waals surface area contributed by atoms with Crippen molar-refractivity contribution in [3.63, 3.8) is 0 Å². The number of nitrogens with zero attached hydrogens (tertiary/aromatic N) is 4. The van der Waals surface area contributed by atoms with Crippen molar-refractivity contribution in [1.82, 2.24) is 9.13 Å². The van der Waals surface area contributed by atoms with E-state index in [-0.39, 0.29) is 22.5 Å². The van der Waals surface area contributed by atoms with Gasteiger partial charge in [-0.05, 0) is 23.6 Å². The third kappa shape index (κ3) is 3.25. The number of aryl methyl sites for hydroxylation is 2. The van der Waals surface area contributed by atoms with Gasteiger partial charge in [0.2, 0.25) is 5.78 Å². The molecule has 3 aromatic heterocycles. The fourth-order valence-corrected chi connectivity index (χ4v) is 5.93. The molecule has 0 amide bonds. The van der Waals surface area contributed by atoms with Crippen molar-refractivity contribution in [2.24, 2.45) is 14.1 Å². The Bertz CT molecular complexity index is 1930. The van der Waals surface area contributed by atoms with E-state index in [9.17, 15) is 20.4 Å². The van der Waals surface area contributed by atoms with E-state index in [0.717, 1.165) is 16.4 Å². The standard InChI is InChI=1S/C30H20N4O3S/c1-33-16-22(18-8-3-5-10-24(18)33)28(35)20(14-31)27-21(15-32)29(37-30(27,36)26-12-7-13-38-26)23-17-34(2)25-11-6-4-9-19(23)25/h3-13,16-17,36H,1-2H3/b27-20+. The van der Waals surface area contributed by atoms with E-state index in [1.165, 1.54) is 11.3 Å². The van der Waals surface area contributed by atoms with Gasteiger partial charge in [0, 0.05) is 59.4 Å². The van der Waals surface area contributed by atoms with Gasteiger partial charge in [0.1, 0.15) is 23.3 Å². The molecule has 38 heavy (non-hydrogen) atoms. The van der Waals surface area contributed by atoms with Crippen LogP contribution in [0.1, 0.15) is 20.8 Å². The van der Waals surface area contributed by atoms with Crippen LogP contribution < -0.4 is 0 Å². The molecule has 1 aliphatic rings. The summed E-state index contributed by atoms with van der Waals surface area (Å²) in [7, 11) is 3.69. The average molecular weight is 517 g/mol. The van der Waals surface area contributed by atoms with E-state index in [1.54, 1.807) is 34.3 Å². The second-order valence-corrected chi connectivity index (χ2v) is 10.0. The minimum Gasteiger partial charge on any atom is -0.451 e. The second kappa shape index (κ2) is 8.60. The summed E-state index contributed by atoms with van der Waals surface area (Å²) in [6.07, 6.45) is 3.47. The Morgan fingerprint density at radius 3 is 2.26 bits per heavy atom. The van der Waals surface area contributed by atoms with Crippen molar-refractivity contribution in [1.29, 1.82) is 10.5 Å². The highest BCUT2D eigenvalue weighted by molar-refractivity contribution is 7.10. The SMILES string of the molecule is Cn1cc(C(=O)/C(C#N)=C2\C(C#N)=C(c3cn(C)c4ccccc34)OC2(O)c2cccs2)c2ccccc21.